The minimum absolute atomic E-state index is 0. The van der Waals surface area contributed by atoms with Gasteiger partial charge in [0.1, 0.15) is 5.82 Å². The zero-order valence-electron chi connectivity index (χ0n) is 29.0. The van der Waals surface area contributed by atoms with Gasteiger partial charge < -0.3 is 5.73 Å². The number of aryl methyl sites for hydroxylation is 1. The SMILES string of the molecule is CC.CC(=O)c1ccc2c(c1)C1=C(CCCCC1)C2.CC1CCCC(Cc2ccc(F)cc2)CC1.CCc1ccc(C(N)=O)cc1.[HH]. The second-order valence-electron chi connectivity index (χ2n) is 13.0. The standard InChI is InChI=1S/C16H18O.C15H21F.C9H11NO.C2H6.H2/c1-11(17)12-7-8-14-9-13-5-3-2-4-6-15(13)16(14)10-12;1-12-3-2-4-13(6-5-12)11-14-7-9-15(16)10-8-14;1-2-7-3-5-8(6-4-7)9(10)11;1-2;/h7-8,10H,2-6,9H2,1H3;7-10,12-13H,2-6,11H2,1H3;3-6H,2H2,1H3,(H2,10,11);1-2H3;1H. The zero-order chi connectivity index (χ0) is 33.5. The number of halogens is 1. The molecule has 46 heavy (non-hydrogen) atoms. The average molecular weight is 628 g/mol. The minimum atomic E-state index is -0.368. The summed E-state index contributed by atoms with van der Waals surface area (Å²) in [5, 5.41) is 0. The summed E-state index contributed by atoms with van der Waals surface area (Å²) >= 11 is 0. The van der Waals surface area contributed by atoms with Crippen molar-refractivity contribution < 1.29 is 15.4 Å². The number of rotatable bonds is 5. The molecule has 0 heterocycles. The lowest BCUT2D eigenvalue weighted by Crippen LogP contribution is -2.10. The highest BCUT2D eigenvalue weighted by molar-refractivity contribution is 5.95. The van der Waals surface area contributed by atoms with Crippen molar-refractivity contribution in [2.45, 2.75) is 118 Å². The van der Waals surface area contributed by atoms with Gasteiger partial charge in [0.05, 0.1) is 0 Å². The monoisotopic (exact) mass is 627 g/mol. The maximum absolute atomic E-state index is 12.8. The number of fused-ring (bicyclic) bond motifs is 2. The maximum atomic E-state index is 12.8. The van der Waals surface area contributed by atoms with Gasteiger partial charge in [-0.15, -0.1) is 0 Å². The third kappa shape index (κ3) is 11.4. The number of primary amides is 1. The highest BCUT2D eigenvalue weighted by atomic mass is 19.1. The molecule has 0 aromatic heterocycles. The zero-order valence-corrected chi connectivity index (χ0v) is 29.0. The van der Waals surface area contributed by atoms with Crippen LogP contribution in [-0.4, -0.2) is 11.7 Å². The van der Waals surface area contributed by atoms with Crippen molar-refractivity contribution in [3.8, 4) is 0 Å². The summed E-state index contributed by atoms with van der Waals surface area (Å²) < 4.78 is 12.8. The van der Waals surface area contributed by atoms with Gasteiger partial charge in [0.25, 0.3) is 0 Å². The van der Waals surface area contributed by atoms with Crippen LogP contribution in [0.1, 0.15) is 143 Å². The molecule has 2 N–H and O–H groups in total. The predicted octanol–water partition coefficient (Wildman–Crippen LogP) is 11.4. The topological polar surface area (TPSA) is 60.2 Å². The van der Waals surface area contributed by atoms with Crippen LogP contribution in [0.15, 0.2) is 72.3 Å². The molecule has 1 amide bonds. The maximum Gasteiger partial charge on any atom is 0.248 e. The van der Waals surface area contributed by atoms with Crippen LogP contribution in [0.25, 0.3) is 5.57 Å². The van der Waals surface area contributed by atoms with Crippen LogP contribution in [-0.2, 0) is 19.3 Å². The Labute approximate surface area is 279 Å². The molecule has 1 saturated carbocycles. The fourth-order valence-corrected chi connectivity index (χ4v) is 6.75. The number of amides is 1. The summed E-state index contributed by atoms with van der Waals surface area (Å²) in [4.78, 5) is 22.1. The van der Waals surface area contributed by atoms with Crippen molar-refractivity contribution in [3.63, 3.8) is 0 Å². The number of Topliss-reactive ketones (excluding diaryl/α,β-unsaturated/α-hetero) is 1. The predicted molar refractivity (Wildman–Crippen MR) is 194 cm³/mol. The van der Waals surface area contributed by atoms with Gasteiger partial charge in [0, 0.05) is 12.6 Å². The van der Waals surface area contributed by atoms with Crippen LogP contribution in [0.4, 0.5) is 4.39 Å². The van der Waals surface area contributed by atoms with Crippen LogP contribution < -0.4 is 5.73 Å². The number of nitrogens with two attached hydrogens (primary N) is 1. The molecular formula is C42H58FNO2. The molecule has 2 unspecified atom stereocenters. The Morgan fingerprint density at radius 1 is 0.804 bits per heavy atom. The molecule has 3 aliphatic rings. The molecule has 250 valence electrons. The van der Waals surface area contributed by atoms with Gasteiger partial charge >= 0.3 is 0 Å². The van der Waals surface area contributed by atoms with E-state index >= 15 is 0 Å². The van der Waals surface area contributed by atoms with E-state index in [0.717, 1.165) is 36.7 Å². The number of allylic oxidation sites excluding steroid dienone is 2. The fourth-order valence-electron chi connectivity index (χ4n) is 6.75. The van der Waals surface area contributed by atoms with E-state index < -0.39 is 0 Å². The molecule has 4 heteroatoms. The highest BCUT2D eigenvalue weighted by Crippen LogP contribution is 2.40. The van der Waals surface area contributed by atoms with Crippen LogP contribution >= 0.6 is 0 Å². The van der Waals surface area contributed by atoms with E-state index in [1.54, 1.807) is 42.3 Å². The first-order valence-electron chi connectivity index (χ1n) is 17.7. The van der Waals surface area contributed by atoms with E-state index in [9.17, 15) is 14.0 Å². The number of hydrogen-bond donors (Lipinski definition) is 1. The Kier molecular flexibility index (Phi) is 15.4. The smallest absolute Gasteiger partial charge is 0.248 e. The first kappa shape index (κ1) is 36.9. The molecule has 3 aliphatic carbocycles. The van der Waals surface area contributed by atoms with Crippen molar-refractivity contribution in [2.75, 3.05) is 0 Å². The van der Waals surface area contributed by atoms with E-state index in [2.05, 4.69) is 26.0 Å². The van der Waals surface area contributed by atoms with E-state index in [0.29, 0.717) is 5.56 Å². The van der Waals surface area contributed by atoms with Gasteiger partial charge in [0.2, 0.25) is 5.91 Å². The second kappa shape index (κ2) is 19.2. The molecule has 3 nitrogen and oxygen atoms in total. The molecule has 3 aromatic rings. The Morgan fingerprint density at radius 3 is 2.11 bits per heavy atom. The summed E-state index contributed by atoms with van der Waals surface area (Å²) in [5.74, 6) is 1.40. The quantitative estimate of drug-likeness (QED) is 0.226. The average Bonchev–Trinajstić information content (AvgIpc) is 3.19. The number of ketones is 1. The van der Waals surface area contributed by atoms with E-state index in [-0.39, 0.29) is 18.9 Å². The molecule has 2 atom stereocenters. The summed E-state index contributed by atoms with van der Waals surface area (Å²) in [6, 6.07) is 20.6. The lowest BCUT2D eigenvalue weighted by atomic mass is 9.92. The molecular weight excluding hydrogens is 569 g/mol. The van der Waals surface area contributed by atoms with Crippen LogP contribution in [0.2, 0.25) is 0 Å². The first-order chi connectivity index (χ1) is 22.2. The second-order valence-corrected chi connectivity index (χ2v) is 13.0. The summed E-state index contributed by atoms with van der Waals surface area (Å²) in [5.41, 5.74) is 15.0. The Hall–Kier alpha value is -3.53. The minimum Gasteiger partial charge on any atom is -0.366 e. The lowest BCUT2D eigenvalue weighted by Gasteiger charge is -2.14. The van der Waals surface area contributed by atoms with Crippen LogP contribution in [0, 0.1) is 17.7 Å². The van der Waals surface area contributed by atoms with Gasteiger partial charge in [-0.3, -0.25) is 9.59 Å². The van der Waals surface area contributed by atoms with Gasteiger partial charge in [-0.25, -0.2) is 4.39 Å². The third-order valence-corrected chi connectivity index (χ3v) is 9.54. The molecule has 0 saturated heterocycles. The van der Waals surface area contributed by atoms with Gasteiger partial charge in [-0.05, 0) is 128 Å². The molecule has 1 fully saturated rings. The largest absolute Gasteiger partial charge is 0.366 e. The Morgan fingerprint density at radius 2 is 1.46 bits per heavy atom. The van der Waals surface area contributed by atoms with Crippen LogP contribution in [0.5, 0.6) is 0 Å². The van der Waals surface area contributed by atoms with Crippen LogP contribution in [0.3, 0.4) is 0 Å². The van der Waals surface area contributed by atoms with Gasteiger partial charge in [-0.2, -0.15) is 0 Å². The molecule has 6 rings (SSSR count). The molecule has 0 spiro atoms. The summed E-state index contributed by atoms with van der Waals surface area (Å²) in [7, 11) is 0. The fraction of sp³-hybridized carbons (Fsp3) is 0.476. The Bertz CT molecular complexity index is 1430. The third-order valence-electron chi connectivity index (χ3n) is 9.54. The molecule has 3 aromatic carbocycles. The molecule has 0 radical (unpaired) electrons. The van der Waals surface area contributed by atoms with E-state index in [1.807, 2.05) is 44.2 Å². The number of carbonyl (C=O) groups excluding carboxylic acids is 2. The molecule has 0 bridgehead atoms. The summed E-state index contributed by atoms with van der Waals surface area (Å²) in [6.07, 6.45) is 16.5. The van der Waals surface area contributed by atoms with Crippen molar-refractivity contribution in [2.24, 2.45) is 17.6 Å². The van der Waals surface area contributed by atoms with Crippen molar-refractivity contribution >= 4 is 17.3 Å². The van der Waals surface area contributed by atoms with Gasteiger partial charge in [-0.1, -0.05) is 102 Å². The number of carbonyl (C=O) groups is 2. The normalized spacial score (nSPS) is 18.5. The van der Waals surface area contributed by atoms with E-state index in [4.69, 9.17) is 5.73 Å². The first-order valence-corrected chi connectivity index (χ1v) is 17.7. The van der Waals surface area contributed by atoms with E-state index in [1.165, 1.54) is 86.5 Å². The summed E-state index contributed by atoms with van der Waals surface area (Å²) in [6.45, 7) is 10.1. The number of benzene rings is 3. The van der Waals surface area contributed by atoms with Crippen molar-refractivity contribution in [1.29, 1.82) is 0 Å². The van der Waals surface area contributed by atoms with Gasteiger partial charge in [0.15, 0.2) is 5.78 Å². The van der Waals surface area contributed by atoms with Crippen molar-refractivity contribution in [3.05, 3.63) is 112 Å². The highest BCUT2D eigenvalue weighted by Gasteiger charge is 2.23. The molecule has 0 aliphatic heterocycles. The van der Waals surface area contributed by atoms with Crippen molar-refractivity contribution in [1.82, 2.24) is 0 Å². The lowest BCUT2D eigenvalue weighted by molar-refractivity contribution is 0.0996. The Balaban J connectivity index is 0.000000242. The number of hydrogen-bond acceptors (Lipinski definition) is 2.